The molecule has 1 aliphatic rings. The molecule has 0 saturated carbocycles. The van der Waals surface area contributed by atoms with Crippen LogP contribution in [0.25, 0.3) is 0 Å². The maximum Gasteiger partial charge on any atom is 0.335 e. The summed E-state index contributed by atoms with van der Waals surface area (Å²) < 4.78 is 5.08. The highest BCUT2D eigenvalue weighted by Crippen LogP contribution is 2.29. The van der Waals surface area contributed by atoms with Gasteiger partial charge in [0.05, 0.1) is 12.7 Å². The third-order valence-electron chi connectivity index (χ3n) is 3.15. The monoisotopic (exact) mass is 281 g/mol. The van der Waals surface area contributed by atoms with Crippen LogP contribution in [0.1, 0.15) is 16.8 Å². The van der Waals surface area contributed by atoms with Gasteiger partial charge in [0.15, 0.2) is 0 Å². The molecule has 1 fully saturated rings. The van der Waals surface area contributed by atoms with Gasteiger partial charge in [-0.3, -0.25) is 4.79 Å². The number of thiol groups is 1. The number of methoxy groups -OCH3 is 1. The van der Waals surface area contributed by atoms with Crippen LogP contribution in [-0.4, -0.2) is 36.4 Å². The van der Waals surface area contributed by atoms with Gasteiger partial charge in [-0.15, -0.1) is 0 Å². The molecule has 0 radical (unpaired) electrons. The fraction of sp³-hybridized carbons (Fsp3) is 0.385. The zero-order valence-corrected chi connectivity index (χ0v) is 11.4. The number of rotatable bonds is 4. The Morgan fingerprint density at radius 2 is 2.26 bits per heavy atom. The molecule has 1 heterocycles. The summed E-state index contributed by atoms with van der Waals surface area (Å²) in [6, 6.07) is 4.59. The highest BCUT2D eigenvalue weighted by molar-refractivity contribution is 7.80. The van der Waals surface area contributed by atoms with Crippen LogP contribution in [0, 0.1) is 5.92 Å². The SMILES string of the molecule is COc1cc(C(=O)O)cc(N2CC(CS)CC2=O)c1. The van der Waals surface area contributed by atoms with Crippen molar-refractivity contribution in [3.8, 4) is 5.75 Å². The summed E-state index contributed by atoms with van der Waals surface area (Å²) in [5, 5.41) is 9.06. The number of aromatic carboxylic acids is 1. The average molecular weight is 281 g/mol. The van der Waals surface area contributed by atoms with Gasteiger partial charge in [-0.1, -0.05) is 0 Å². The zero-order valence-electron chi connectivity index (χ0n) is 10.5. The van der Waals surface area contributed by atoms with Gasteiger partial charge in [0.1, 0.15) is 5.75 Å². The van der Waals surface area contributed by atoms with Crippen molar-refractivity contribution in [2.45, 2.75) is 6.42 Å². The van der Waals surface area contributed by atoms with Gasteiger partial charge >= 0.3 is 5.97 Å². The van der Waals surface area contributed by atoms with E-state index in [0.717, 1.165) is 0 Å². The van der Waals surface area contributed by atoms with Gasteiger partial charge < -0.3 is 14.7 Å². The fourth-order valence-corrected chi connectivity index (χ4v) is 2.38. The van der Waals surface area contributed by atoms with E-state index in [4.69, 9.17) is 9.84 Å². The minimum absolute atomic E-state index is 0.0105. The molecule has 0 aromatic heterocycles. The Hall–Kier alpha value is -1.69. The van der Waals surface area contributed by atoms with Gasteiger partial charge in [-0.25, -0.2) is 4.79 Å². The number of carbonyl (C=O) groups is 2. The number of hydrogen-bond donors (Lipinski definition) is 2. The lowest BCUT2D eigenvalue weighted by molar-refractivity contribution is -0.117. The molecule has 2 rings (SSSR count). The van der Waals surface area contributed by atoms with Crippen molar-refractivity contribution in [3.63, 3.8) is 0 Å². The molecule has 19 heavy (non-hydrogen) atoms. The topological polar surface area (TPSA) is 66.8 Å². The lowest BCUT2D eigenvalue weighted by atomic mass is 10.1. The van der Waals surface area contributed by atoms with Gasteiger partial charge in [-0.05, 0) is 23.8 Å². The number of ether oxygens (including phenoxy) is 1. The lowest BCUT2D eigenvalue weighted by Gasteiger charge is -2.18. The van der Waals surface area contributed by atoms with E-state index >= 15 is 0 Å². The molecule has 1 atom stereocenters. The minimum Gasteiger partial charge on any atom is -0.497 e. The molecule has 5 nitrogen and oxygen atoms in total. The van der Waals surface area contributed by atoms with Crippen LogP contribution in [0.2, 0.25) is 0 Å². The zero-order chi connectivity index (χ0) is 14.0. The largest absolute Gasteiger partial charge is 0.497 e. The summed E-state index contributed by atoms with van der Waals surface area (Å²) in [4.78, 5) is 24.6. The number of carbonyl (C=O) groups excluding carboxylic acids is 1. The minimum atomic E-state index is -1.04. The van der Waals surface area contributed by atoms with Crippen molar-refractivity contribution < 1.29 is 19.4 Å². The first-order chi connectivity index (χ1) is 9.05. The van der Waals surface area contributed by atoms with Crippen molar-refractivity contribution in [1.29, 1.82) is 0 Å². The average Bonchev–Trinajstić information content (AvgIpc) is 2.79. The van der Waals surface area contributed by atoms with E-state index < -0.39 is 5.97 Å². The Kier molecular flexibility index (Phi) is 3.99. The van der Waals surface area contributed by atoms with Crippen LogP contribution in [-0.2, 0) is 4.79 Å². The summed E-state index contributed by atoms with van der Waals surface area (Å²) in [5.41, 5.74) is 0.669. The van der Waals surface area contributed by atoms with E-state index in [1.807, 2.05) is 0 Å². The third-order valence-corrected chi connectivity index (χ3v) is 3.67. The Bertz CT molecular complexity index is 517. The number of carboxylic acids is 1. The molecule has 1 aliphatic heterocycles. The van der Waals surface area contributed by atoms with Crippen LogP contribution < -0.4 is 9.64 Å². The number of carboxylic acid groups (broad SMARTS) is 1. The van der Waals surface area contributed by atoms with Crippen LogP contribution in [0.5, 0.6) is 5.75 Å². The van der Waals surface area contributed by atoms with Crippen LogP contribution in [0.3, 0.4) is 0 Å². The fourth-order valence-electron chi connectivity index (χ4n) is 2.13. The molecule has 1 aromatic carbocycles. The molecule has 0 bridgehead atoms. The van der Waals surface area contributed by atoms with E-state index in [0.29, 0.717) is 30.2 Å². The van der Waals surface area contributed by atoms with E-state index in [9.17, 15) is 9.59 Å². The molecule has 6 heteroatoms. The normalized spacial score (nSPS) is 18.7. The van der Waals surface area contributed by atoms with E-state index in [1.54, 1.807) is 11.0 Å². The van der Waals surface area contributed by atoms with Crippen LogP contribution in [0.15, 0.2) is 18.2 Å². The van der Waals surface area contributed by atoms with Gasteiger partial charge in [0.25, 0.3) is 0 Å². The van der Waals surface area contributed by atoms with Gasteiger partial charge in [0.2, 0.25) is 5.91 Å². The van der Waals surface area contributed by atoms with Crippen molar-refractivity contribution in [2.75, 3.05) is 24.3 Å². The first kappa shape index (κ1) is 13.7. The highest BCUT2D eigenvalue weighted by atomic mass is 32.1. The molecule has 0 aliphatic carbocycles. The molecule has 102 valence electrons. The predicted molar refractivity (Wildman–Crippen MR) is 74.3 cm³/mol. The van der Waals surface area contributed by atoms with Crippen LogP contribution in [0.4, 0.5) is 5.69 Å². The smallest absolute Gasteiger partial charge is 0.335 e. The van der Waals surface area contributed by atoms with Crippen LogP contribution >= 0.6 is 12.6 Å². The van der Waals surface area contributed by atoms with Gasteiger partial charge in [-0.2, -0.15) is 12.6 Å². The first-order valence-corrected chi connectivity index (χ1v) is 6.52. The summed E-state index contributed by atoms with van der Waals surface area (Å²) >= 11 is 4.20. The van der Waals surface area contributed by atoms with E-state index in [1.165, 1.54) is 19.2 Å². The molecule has 1 aromatic rings. The summed E-state index contributed by atoms with van der Waals surface area (Å²) in [7, 11) is 1.47. The maximum atomic E-state index is 11.9. The maximum absolute atomic E-state index is 11.9. The first-order valence-electron chi connectivity index (χ1n) is 5.88. The van der Waals surface area contributed by atoms with Crippen molar-refractivity contribution in [2.24, 2.45) is 5.92 Å². The Balaban J connectivity index is 2.36. The highest BCUT2D eigenvalue weighted by Gasteiger charge is 2.30. The molecule has 1 unspecified atom stereocenters. The predicted octanol–water partition coefficient (Wildman–Crippen LogP) is 1.68. The lowest BCUT2D eigenvalue weighted by Crippen LogP contribution is -2.25. The van der Waals surface area contributed by atoms with Crippen molar-refractivity contribution in [3.05, 3.63) is 23.8 Å². The molecule has 1 saturated heterocycles. The number of amides is 1. The Morgan fingerprint density at radius 1 is 1.53 bits per heavy atom. The molecule has 1 N–H and O–H groups in total. The summed E-state index contributed by atoms with van der Waals surface area (Å²) in [6.45, 7) is 0.564. The Labute approximate surface area is 116 Å². The third kappa shape index (κ3) is 2.84. The standard InChI is InChI=1S/C13H15NO4S/c1-18-11-4-9(13(16)17)3-10(5-11)14-6-8(7-19)2-12(14)15/h3-5,8,19H,2,6-7H2,1H3,(H,16,17). The number of hydrogen-bond acceptors (Lipinski definition) is 4. The number of benzene rings is 1. The second kappa shape index (κ2) is 5.52. The molecular weight excluding hydrogens is 266 g/mol. The quantitative estimate of drug-likeness (QED) is 0.824. The molecular formula is C13H15NO4S. The Morgan fingerprint density at radius 3 is 2.79 bits per heavy atom. The van der Waals surface area contributed by atoms with Crippen molar-refractivity contribution >= 4 is 30.2 Å². The van der Waals surface area contributed by atoms with Crippen molar-refractivity contribution in [1.82, 2.24) is 0 Å². The molecule has 0 spiro atoms. The second-order valence-corrected chi connectivity index (χ2v) is 4.85. The van der Waals surface area contributed by atoms with Gasteiger partial charge in [0, 0.05) is 24.7 Å². The molecule has 1 amide bonds. The summed E-state index contributed by atoms with van der Waals surface area (Å²) in [6.07, 6.45) is 0.448. The number of anilines is 1. The van der Waals surface area contributed by atoms with E-state index in [-0.39, 0.29) is 17.4 Å². The summed E-state index contributed by atoms with van der Waals surface area (Å²) in [5.74, 6) is 0.214. The van der Waals surface area contributed by atoms with E-state index in [2.05, 4.69) is 12.6 Å². The second-order valence-electron chi connectivity index (χ2n) is 4.48. The number of nitrogens with zero attached hydrogens (tertiary/aromatic N) is 1.